The zero-order chi connectivity index (χ0) is 42.0. The topological polar surface area (TPSA) is 175 Å². The van der Waals surface area contributed by atoms with Crippen LogP contribution in [0.15, 0.2) is 72.4 Å². The predicted molar refractivity (Wildman–Crippen MR) is 224 cm³/mol. The number of nitrogens with one attached hydrogen (secondary N) is 4. The molecule has 14 nitrogen and oxygen atoms in total. The first-order valence-electron chi connectivity index (χ1n) is 19.9. The number of likely N-dealkylation sites (tertiary alicyclic amines) is 1. The lowest BCUT2D eigenvalue weighted by Gasteiger charge is -2.30. The number of ether oxygens (including phenoxy) is 2. The van der Waals surface area contributed by atoms with Crippen molar-refractivity contribution in [1.29, 1.82) is 0 Å². The van der Waals surface area contributed by atoms with Crippen LogP contribution in [-0.2, 0) is 19.1 Å². The van der Waals surface area contributed by atoms with Crippen molar-refractivity contribution < 1.29 is 28.7 Å². The number of fused-ring (bicyclic) bond motifs is 3. The van der Waals surface area contributed by atoms with Gasteiger partial charge in [-0.1, -0.05) is 75.5 Å². The van der Waals surface area contributed by atoms with Crippen LogP contribution in [0, 0.1) is 23.7 Å². The van der Waals surface area contributed by atoms with Gasteiger partial charge in [-0.2, -0.15) is 0 Å². The fourth-order valence-electron chi connectivity index (χ4n) is 7.86. The smallest absolute Gasteiger partial charge is 0.407 e. The Labute approximate surface area is 343 Å². The maximum atomic E-state index is 13.7. The standard InChI is InChI=1S/C45H50N8O6/c1-25(2)37(50-44(56)58-6)42(54)52-20-8-9-35(52)41-47-33-19-17-31-22-29(14-18-32(31)39(33)49-41)11-10-28-12-15-30(16-13-28)34-23-46-40(48-34)36-21-27(5)24-53(36)43(55)38(26(3)4)51-45(57)59-7/h12-19,21-23,25-26,35-38H,8-9,20,24H2,1-7H3,(H,46,48)(H,47,49)(H,50,56)(H,51,57). The molecule has 0 aliphatic carbocycles. The van der Waals surface area contributed by atoms with E-state index in [1.807, 2.05) is 94.1 Å². The number of H-pyrrole nitrogens is 2. The third-order valence-electron chi connectivity index (χ3n) is 11.0. The number of aromatic nitrogens is 4. The molecule has 59 heavy (non-hydrogen) atoms. The molecular formula is C45H50N8O6. The van der Waals surface area contributed by atoms with Gasteiger partial charge in [0, 0.05) is 29.6 Å². The van der Waals surface area contributed by atoms with Crippen molar-refractivity contribution in [3.63, 3.8) is 0 Å². The van der Waals surface area contributed by atoms with Crippen LogP contribution in [0.5, 0.6) is 0 Å². The lowest BCUT2D eigenvalue weighted by Crippen LogP contribution is -2.51. The molecule has 306 valence electrons. The Hall–Kier alpha value is -6.62. The number of amides is 4. The number of hydrogen-bond acceptors (Lipinski definition) is 8. The molecule has 1 fully saturated rings. The Morgan fingerprint density at radius 2 is 1.46 bits per heavy atom. The number of carbonyl (C=O) groups excluding carboxylic acids is 4. The summed E-state index contributed by atoms with van der Waals surface area (Å²) in [5, 5.41) is 7.37. The number of alkyl carbamates (subject to hydrolysis) is 2. The van der Waals surface area contributed by atoms with Crippen molar-refractivity contribution in [3.8, 4) is 23.1 Å². The summed E-state index contributed by atoms with van der Waals surface area (Å²) in [6, 6.07) is 16.0. The Morgan fingerprint density at radius 1 is 0.814 bits per heavy atom. The molecule has 7 rings (SSSR count). The normalized spacial score (nSPS) is 17.5. The SMILES string of the molecule is COC(=O)NC(C(=O)N1CC(C)=CC1c1ncc(-c2ccc(C#Cc3ccc4c(ccc5[nH]c(C6CCCN6C(=O)C(NC(=O)OC)C(C)C)nc54)c3)cc2)[nH]1)C(C)C. The maximum Gasteiger partial charge on any atom is 0.407 e. The molecule has 5 aromatic rings. The second-order valence-electron chi connectivity index (χ2n) is 15.9. The van der Waals surface area contributed by atoms with E-state index in [-0.39, 0.29) is 29.7 Å². The number of methoxy groups -OCH3 is 2. The molecule has 4 amide bonds. The third-order valence-corrected chi connectivity index (χ3v) is 11.0. The van der Waals surface area contributed by atoms with E-state index < -0.39 is 30.3 Å². The summed E-state index contributed by atoms with van der Waals surface area (Å²) < 4.78 is 9.53. The first kappa shape index (κ1) is 40.6. The quantitative estimate of drug-likeness (QED) is 0.0935. The summed E-state index contributed by atoms with van der Waals surface area (Å²) in [6.45, 7) is 10.6. The molecule has 4 unspecified atom stereocenters. The fourth-order valence-corrected chi connectivity index (χ4v) is 7.86. The molecule has 1 saturated heterocycles. The fraction of sp³-hybridized carbons (Fsp3) is 0.378. The van der Waals surface area contributed by atoms with Crippen LogP contribution >= 0.6 is 0 Å². The van der Waals surface area contributed by atoms with E-state index in [0.717, 1.165) is 68.4 Å². The molecule has 0 radical (unpaired) electrons. The van der Waals surface area contributed by atoms with Crippen LogP contribution in [-0.4, -0.2) is 93.1 Å². The average molecular weight is 799 g/mol. The molecule has 2 aliphatic heterocycles. The predicted octanol–water partition coefficient (Wildman–Crippen LogP) is 6.76. The van der Waals surface area contributed by atoms with Gasteiger partial charge in [-0.3, -0.25) is 9.59 Å². The van der Waals surface area contributed by atoms with E-state index in [0.29, 0.717) is 18.9 Å². The zero-order valence-corrected chi connectivity index (χ0v) is 34.4. The van der Waals surface area contributed by atoms with Crippen LogP contribution in [0.3, 0.4) is 0 Å². The van der Waals surface area contributed by atoms with E-state index in [1.165, 1.54) is 14.2 Å². The molecule has 4 heterocycles. The van der Waals surface area contributed by atoms with Gasteiger partial charge in [-0.25, -0.2) is 19.6 Å². The average Bonchev–Trinajstić information content (AvgIpc) is 4.06. The molecular weight excluding hydrogens is 749 g/mol. The number of nitrogens with zero attached hydrogens (tertiary/aromatic N) is 4. The molecule has 4 N–H and O–H groups in total. The highest BCUT2D eigenvalue weighted by molar-refractivity contribution is 6.04. The minimum Gasteiger partial charge on any atom is -0.453 e. The van der Waals surface area contributed by atoms with Crippen molar-refractivity contribution >= 4 is 45.8 Å². The van der Waals surface area contributed by atoms with E-state index in [2.05, 4.69) is 43.5 Å². The van der Waals surface area contributed by atoms with Gasteiger partial charge in [0.2, 0.25) is 11.8 Å². The van der Waals surface area contributed by atoms with Gasteiger partial charge in [-0.15, -0.1) is 0 Å². The van der Waals surface area contributed by atoms with Gasteiger partial charge < -0.3 is 39.9 Å². The minimum absolute atomic E-state index is 0.115. The Kier molecular flexibility index (Phi) is 11.7. The van der Waals surface area contributed by atoms with Crippen molar-refractivity contribution in [2.24, 2.45) is 11.8 Å². The summed E-state index contributed by atoms with van der Waals surface area (Å²) in [5.74, 6) is 7.34. The first-order valence-corrected chi connectivity index (χ1v) is 19.9. The number of aromatic amines is 2. The Bertz CT molecular complexity index is 2490. The monoisotopic (exact) mass is 798 g/mol. The van der Waals surface area contributed by atoms with Gasteiger partial charge in [0.15, 0.2) is 0 Å². The van der Waals surface area contributed by atoms with Gasteiger partial charge in [0.05, 0.1) is 43.2 Å². The number of hydrogen-bond donors (Lipinski definition) is 4. The molecule has 3 aromatic carbocycles. The van der Waals surface area contributed by atoms with Crippen molar-refractivity contribution in [2.45, 2.75) is 71.6 Å². The second-order valence-corrected chi connectivity index (χ2v) is 15.9. The summed E-state index contributed by atoms with van der Waals surface area (Å²) in [7, 11) is 2.57. The second kappa shape index (κ2) is 17.1. The highest BCUT2D eigenvalue weighted by atomic mass is 16.5. The van der Waals surface area contributed by atoms with E-state index in [4.69, 9.17) is 14.5 Å². The molecule has 14 heteroatoms. The van der Waals surface area contributed by atoms with Crippen LogP contribution in [0.2, 0.25) is 0 Å². The summed E-state index contributed by atoms with van der Waals surface area (Å²) >= 11 is 0. The minimum atomic E-state index is -0.737. The Morgan fingerprint density at radius 3 is 2.12 bits per heavy atom. The van der Waals surface area contributed by atoms with E-state index >= 15 is 0 Å². The summed E-state index contributed by atoms with van der Waals surface area (Å²) in [5.41, 5.74) is 6.20. The van der Waals surface area contributed by atoms with E-state index in [9.17, 15) is 19.2 Å². The van der Waals surface area contributed by atoms with Crippen LogP contribution < -0.4 is 10.6 Å². The largest absolute Gasteiger partial charge is 0.453 e. The molecule has 4 atom stereocenters. The molecule has 0 saturated carbocycles. The number of benzene rings is 3. The molecule has 0 bridgehead atoms. The van der Waals surface area contributed by atoms with Gasteiger partial charge in [0.1, 0.15) is 29.8 Å². The first-order chi connectivity index (χ1) is 28.3. The number of rotatable bonds is 9. The number of carbonyl (C=O) groups is 4. The zero-order valence-electron chi connectivity index (χ0n) is 34.4. The molecule has 0 spiro atoms. The van der Waals surface area contributed by atoms with Gasteiger partial charge in [-0.05, 0) is 72.9 Å². The lowest BCUT2D eigenvalue weighted by molar-refractivity contribution is -0.136. The summed E-state index contributed by atoms with van der Waals surface area (Å²) in [6.07, 6.45) is 4.11. The maximum absolute atomic E-state index is 13.7. The van der Waals surface area contributed by atoms with Crippen molar-refractivity contribution in [2.75, 3.05) is 27.3 Å². The molecule has 2 aliphatic rings. The third kappa shape index (κ3) is 8.50. The van der Waals surface area contributed by atoms with Crippen LogP contribution in [0.25, 0.3) is 33.1 Å². The van der Waals surface area contributed by atoms with Gasteiger partial charge in [0.25, 0.3) is 0 Å². The number of imidazole rings is 2. The highest BCUT2D eigenvalue weighted by Crippen LogP contribution is 2.35. The van der Waals surface area contributed by atoms with Crippen LogP contribution in [0.4, 0.5) is 9.59 Å². The van der Waals surface area contributed by atoms with E-state index in [1.54, 1.807) is 11.1 Å². The lowest BCUT2D eigenvalue weighted by atomic mass is 10.0. The highest BCUT2D eigenvalue weighted by Gasteiger charge is 2.38. The Balaban J connectivity index is 1.05. The van der Waals surface area contributed by atoms with Gasteiger partial charge >= 0.3 is 12.2 Å². The van der Waals surface area contributed by atoms with Crippen molar-refractivity contribution in [1.82, 2.24) is 40.4 Å². The molecule has 2 aromatic heterocycles. The summed E-state index contributed by atoms with van der Waals surface area (Å²) in [4.78, 5) is 71.4. The van der Waals surface area contributed by atoms with Crippen molar-refractivity contribution in [3.05, 3.63) is 95.2 Å². The van der Waals surface area contributed by atoms with Crippen LogP contribution in [0.1, 0.15) is 82.3 Å².